The highest BCUT2D eigenvalue weighted by atomic mass is 35.5. The molecule has 0 N–H and O–H groups in total. The molecule has 6 heteroatoms. The van der Waals surface area contributed by atoms with Crippen LogP contribution in [0.15, 0.2) is 18.2 Å². The number of carbonyl (C=O) groups excluding carboxylic acids is 1. The minimum atomic E-state index is -0.514. The zero-order valence-electron chi connectivity index (χ0n) is 13.2. The number of halogens is 2. The molecule has 2 fully saturated rings. The zero-order chi connectivity index (χ0) is 16.4. The second kappa shape index (κ2) is 6.75. The van der Waals surface area contributed by atoms with Gasteiger partial charge in [0.2, 0.25) is 0 Å². The van der Waals surface area contributed by atoms with Crippen molar-refractivity contribution in [2.75, 3.05) is 33.4 Å². The largest absolute Gasteiger partial charge is 0.385 e. The molecule has 2 aliphatic rings. The van der Waals surface area contributed by atoms with Gasteiger partial charge in [-0.2, -0.15) is 0 Å². The van der Waals surface area contributed by atoms with E-state index >= 15 is 0 Å². The summed E-state index contributed by atoms with van der Waals surface area (Å²) >= 11 is 5.75. The Morgan fingerprint density at radius 2 is 2.30 bits per heavy atom. The maximum absolute atomic E-state index is 13.2. The third kappa shape index (κ3) is 3.52. The third-order valence-corrected chi connectivity index (χ3v) is 5.03. The maximum Gasteiger partial charge on any atom is 0.254 e. The van der Waals surface area contributed by atoms with Crippen molar-refractivity contribution in [1.82, 2.24) is 4.90 Å². The van der Waals surface area contributed by atoms with Crippen LogP contribution >= 0.6 is 11.6 Å². The molecule has 1 aromatic rings. The van der Waals surface area contributed by atoms with Crippen LogP contribution in [0.25, 0.3) is 0 Å². The zero-order valence-corrected chi connectivity index (χ0v) is 13.9. The smallest absolute Gasteiger partial charge is 0.254 e. The van der Waals surface area contributed by atoms with Gasteiger partial charge in [-0.3, -0.25) is 4.79 Å². The SMILES string of the molecule is COCCC1CCOC2(C1)CN(C(=O)c1ccc(F)c(Cl)c1)C2. The fourth-order valence-corrected chi connectivity index (χ4v) is 3.67. The Balaban J connectivity index is 1.59. The molecule has 23 heavy (non-hydrogen) atoms. The summed E-state index contributed by atoms with van der Waals surface area (Å²) in [6.07, 6.45) is 3.04. The molecule has 0 saturated carbocycles. The monoisotopic (exact) mass is 341 g/mol. The average molecular weight is 342 g/mol. The second-order valence-corrected chi connectivity index (χ2v) is 6.87. The van der Waals surface area contributed by atoms with E-state index < -0.39 is 5.82 Å². The van der Waals surface area contributed by atoms with Gasteiger partial charge in [0.15, 0.2) is 0 Å². The molecule has 2 heterocycles. The Morgan fingerprint density at radius 1 is 1.52 bits per heavy atom. The highest BCUT2D eigenvalue weighted by molar-refractivity contribution is 6.31. The molecule has 3 rings (SSSR count). The van der Waals surface area contributed by atoms with E-state index in [2.05, 4.69) is 0 Å². The van der Waals surface area contributed by atoms with Crippen molar-refractivity contribution in [3.8, 4) is 0 Å². The van der Waals surface area contributed by atoms with E-state index in [1.54, 1.807) is 12.0 Å². The van der Waals surface area contributed by atoms with E-state index in [1.165, 1.54) is 18.2 Å². The molecule has 1 amide bonds. The number of benzene rings is 1. The van der Waals surface area contributed by atoms with Crippen LogP contribution in [0.5, 0.6) is 0 Å². The summed E-state index contributed by atoms with van der Waals surface area (Å²) in [5.74, 6) is -0.0544. The Bertz CT molecular complexity index is 589. The highest BCUT2D eigenvalue weighted by Gasteiger charge is 2.49. The van der Waals surface area contributed by atoms with E-state index in [4.69, 9.17) is 21.1 Å². The molecule has 0 radical (unpaired) electrons. The lowest BCUT2D eigenvalue weighted by atomic mass is 9.79. The van der Waals surface area contributed by atoms with Gasteiger partial charge < -0.3 is 14.4 Å². The fourth-order valence-electron chi connectivity index (χ4n) is 3.49. The van der Waals surface area contributed by atoms with E-state index in [0.29, 0.717) is 24.6 Å². The van der Waals surface area contributed by atoms with Gasteiger partial charge in [-0.15, -0.1) is 0 Å². The molecule has 4 nitrogen and oxygen atoms in total. The second-order valence-electron chi connectivity index (χ2n) is 6.46. The van der Waals surface area contributed by atoms with Gasteiger partial charge in [0, 0.05) is 25.9 Å². The number of hydrogen-bond donors (Lipinski definition) is 0. The van der Waals surface area contributed by atoms with Gasteiger partial charge in [0.1, 0.15) is 11.4 Å². The molecular formula is C17H21ClFNO3. The minimum Gasteiger partial charge on any atom is -0.385 e. The Hall–Kier alpha value is -1.17. The van der Waals surface area contributed by atoms with Crippen LogP contribution in [-0.2, 0) is 9.47 Å². The van der Waals surface area contributed by atoms with E-state index in [1.807, 2.05) is 0 Å². The summed E-state index contributed by atoms with van der Waals surface area (Å²) in [7, 11) is 1.71. The molecule has 0 aliphatic carbocycles. The molecule has 1 aromatic carbocycles. The summed E-state index contributed by atoms with van der Waals surface area (Å²) in [6.45, 7) is 2.67. The van der Waals surface area contributed by atoms with E-state index in [9.17, 15) is 9.18 Å². The van der Waals surface area contributed by atoms with Crippen LogP contribution in [-0.4, -0.2) is 49.8 Å². The van der Waals surface area contributed by atoms with Crippen molar-refractivity contribution in [2.24, 2.45) is 5.92 Å². The summed E-state index contributed by atoms with van der Waals surface area (Å²) < 4.78 is 24.3. The number of carbonyl (C=O) groups is 1. The molecule has 2 aliphatic heterocycles. The lowest BCUT2D eigenvalue weighted by Crippen LogP contribution is -2.66. The average Bonchev–Trinajstić information content (AvgIpc) is 2.52. The number of amides is 1. The minimum absolute atomic E-state index is 0.0281. The summed E-state index contributed by atoms with van der Waals surface area (Å²) in [5.41, 5.74) is 0.203. The van der Waals surface area contributed by atoms with Crippen LogP contribution in [0.3, 0.4) is 0 Å². The van der Waals surface area contributed by atoms with Crippen LogP contribution in [0.2, 0.25) is 5.02 Å². The number of rotatable bonds is 4. The Kier molecular flexibility index (Phi) is 4.90. The molecule has 1 unspecified atom stereocenters. The van der Waals surface area contributed by atoms with Crippen molar-refractivity contribution in [1.29, 1.82) is 0 Å². The van der Waals surface area contributed by atoms with Gasteiger partial charge in [0.05, 0.1) is 18.1 Å². The van der Waals surface area contributed by atoms with Gasteiger partial charge in [-0.25, -0.2) is 4.39 Å². The predicted octanol–water partition coefficient (Wildman–Crippen LogP) is 3.14. The number of nitrogens with zero attached hydrogens (tertiary/aromatic N) is 1. The van der Waals surface area contributed by atoms with Gasteiger partial charge in [0.25, 0.3) is 5.91 Å². The fraction of sp³-hybridized carbons (Fsp3) is 0.588. The van der Waals surface area contributed by atoms with Crippen LogP contribution < -0.4 is 0 Å². The first-order valence-electron chi connectivity index (χ1n) is 7.90. The number of ether oxygens (including phenoxy) is 2. The first kappa shape index (κ1) is 16.7. The third-order valence-electron chi connectivity index (χ3n) is 4.74. The molecule has 2 saturated heterocycles. The van der Waals surface area contributed by atoms with Crippen molar-refractivity contribution in [3.63, 3.8) is 0 Å². The van der Waals surface area contributed by atoms with E-state index in [-0.39, 0.29) is 16.5 Å². The first-order chi connectivity index (χ1) is 11.0. The first-order valence-corrected chi connectivity index (χ1v) is 8.28. The lowest BCUT2D eigenvalue weighted by Gasteiger charge is -2.53. The Morgan fingerprint density at radius 3 is 3.00 bits per heavy atom. The molecule has 1 spiro atoms. The normalized spacial score (nSPS) is 22.9. The van der Waals surface area contributed by atoms with Crippen molar-refractivity contribution in [2.45, 2.75) is 24.9 Å². The van der Waals surface area contributed by atoms with Gasteiger partial charge in [-0.05, 0) is 43.4 Å². The Labute approximate surface area is 140 Å². The number of likely N-dealkylation sites (tertiary alicyclic amines) is 1. The standard InChI is InChI=1S/C17H21ClFNO3/c1-22-6-4-12-5-7-23-17(9-12)10-20(11-17)16(21)13-2-3-15(19)14(18)8-13/h2-3,8,12H,4-7,9-11H2,1H3. The van der Waals surface area contributed by atoms with Gasteiger partial charge in [-0.1, -0.05) is 11.6 Å². The summed E-state index contributed by atoms with van der Waals surface area (Å²) in [5, 5.41) is -0.0281. The number of hydrogen-bond acceptors (Lipinski definition) is 3. The summed E-state index contributed by atoms with van der Waals surface area (Å²) in [6, 6.07) is 4.08. The van der Waals surface area contributed by atoms with E-state index in [0.717, 1.165) is 32.5 Å². The summed E-state index contributed by atoms with van der Waals surface area (Å²) in [4.78, 5) is 14.2. The topological polar surface area (TPSA) is 38.8 Å². The maximum atomic E-state index is 13.2. The van der Waals surface area contributed by atoms with Crippen LogP contribution in [0.4, 0.5) is 4.39 Å². The quantitative estimate of drug-likeness (QED) is 0.844. The lowest BCUT2D eigenvalue weighted by molar-refractivity contribution is -0.167. The van der Waals surface area contributed by atoms with Crippen molar-refractivity contribution < 1.29 is 18.7 Å². The highest BCUT2D eigenvalue weighted by Crippen LogP contribution is 2.38. The van der Waals surface area contributed by atoms with Crippen LogP contribution in [0, 0.1) is 11.7 Å². The number of methoxy groups -OCH3 is 1. The molecule has 1 atom stereocenters. The van der Waals surface area contributed by atoms with Gasteiger partial charge >= 0.3 is 0 Å². The van der Waals surface area contributed by atoms with Crippen molar-refractivity contribution in [3.05, 3.63) is 34.6 Å². The molecule has 126 valence electrons. The van der Waals surface area contributed by atoms with Crippen LogP contribution in [0.1, 0.15) is 29.6 Å². The molecule has 0 bridgehead atoms. The van der Waals surface area contributed by atoms with Crippen molar-refractivity contribution >= 4 is 17.5 Å². The predicted molar refractivity (Wildman–Crippen MR) is 85.2 cm³/mol. The molecular weight excluding hydrogens is 321 g/mol. The molecule has 0 aromatic heterocycles.